The minimum Gasteiger partial charge on any atom is -0.304 e. The maximum absolute atomic E-state index is 4.07. The Morgan fingerprint density at radius 2 is 1.77 bits per heavy atom. The molecule has 1 atom stereocenters. The number of fused-ring (bicyclic) bond motifs is 3. The third-order valence-electron chi connectivity index (χ3n) is 4.40. The van der Waals surface area contributed by atoms with Gasteiger partial charge in [0.2, 0.25) is 0 Å². The molecule has 0 fully saturated rings. The standard InChI is InChI=1S/C20H17NS/c1-3-20(2)13-14-22-19-18(20)16-11-7-8-12-17(16)21(19)15-9-5-4-6-10-15/h3-14H,1H2,2H3. The number of para-hydroxylation sites is 2. The van der Waals surface area contributed by atoms with Crippen molar-refractivity contribution in [1.82, 2.24) is 4.57 Å². The lowest BCUT2D eigenvalue weighted by Gasteiger charge is -2.26. The van der Waals surface area contributed by atoms with E-state index in [9.17, 15) is 0 Å². The van der Waals surface area contributed by atoms with Crippen molar-refractivity contribution < 1.29 is 0 Å². The Bertz CT molecular complexity index is 889. The smallest absolute Gasteiger partial charge is 0.0892 e. The monoisotopic (exact) mass is 303 g/mol. The third kappa shape index (κ3) is 1.80. The minimum atomic E-state index is -0.125. The molecule has 0 saturated carbocycles. The van der Waals surface area contributed by atoms with Crippen molar-refractivity contribution in [2.45, 2.75) is 17.4 Å². The first-order valence-corrected chi connectivity index (χ1v) is 8.30. The Balaban J connectivity index is 2.15. The fourth-order valence-corrected chi connectivity index (χ4v) is 4.41. The van der Waals surface area contributed by atoms with Crippen molar-refractivity contribution in [2.24, 2.45) is 0 Å². The lowest BCUT2D eigenvalue weighted by atomic mass is 9.82. The Morgan fingerprint density at radius 1 is 1.05 bits per heavy atom. The molecule has 108 valence electrons. The first kappa shape index (κ1) is 13.5. The summed E-state index contributed by atoms with van der Waals surface area (Å²) in [6.45, 7) is 6.31. The molecule has 22 heavy (non-hydrogen) atoms. The number of hydrogen-bond acceptors (Lipinski definition) is 1. The number of aromatic nitrogens is 1. The summed E-state index contributed by atoms with van der Waals surface area (Å²) in [6.07, 6.45) is 4.29. The summed E-state index contributed by atoms with van der Waals surface area (Å²) < 4.78 is 2.36. The van der Waals surface area contributed by atoms with Crippen molar-refractivity contribution in [2.75, 3.05) is 0 Å². The second kappa shape index (κ2) is 4.92. The molecule has 1 aromatic heterocycles. The van der Waals surface area contributed by atoms with E-state index in [1.807, 2.05) is 6.08 Å². The van der Waals surface area contributed by atoms with Gasteiger partial charge in [0, 0.05) is 22.1 Å². The molecule has 0 aliphatic carbocycles. The van der Waals surface area contributed by atoms with Crippen LogP contribution in [0.15, 0.2) is 83.8 Å². The highest BCUT2D eigenvalue weighted by atomic mass is 32.2. The molecule has 0 spiro atoms. The molecule has 3 aromatic rings. The zero-order chi connectivity index (χ0) is 15.2. The maximum atomic E-state index is 4.07. The van der Waals surface area contributed by atoms with Crippen LogP contribution in [-0.4, -0.2) is 4.57 Å². The van der Waals surface area contributed by atoms with Crippen LogP contribution < -0.4 is 0 Å². The van der Waals surface area contributed by atoms with E-state index in [0.717, 1.165) is 0 Å². The zero-order valence-electron chi connectivity index (χ0n) is 12.5. The quantitative estimate of drug-likeness (QED) is 0.550. The van der Waals surface area contributed by atoms with E-state index in [4.69, 9.17) is 0 Å². The molecule has 2 aromatic carbocycles. The highest BCUT2D eigenvalue weighted by Gasteiger charge is 2.32. The van der Waals surface area contributed by atoms with Gasteiger partial charge >= 0.3 is 0 Å². The molecular formula is C20H17NS. The summed E-state index contributed by atoms with van der Waals surface area (Å²) in [5.41, 5.74) is 3.69. The van der Waals surface area contributed by atoms with Gasteiger partial charge in [-0.1, -0.05) is 60.3 Å². The van der Waals surface area contributed by atoms with Gasteiger partial charge in [-0.25, -0.2) is 0 Å². The predicted molar refractivity (Wildman–Crippen MR) is 95.8 cm³/mol. The number of nitrogens with zero attached hydrogens (tertiary/aromatic N) is 1. The van der Waals surface area contributed by atoms with Crippen LogP contribution in [0.5, 0.6) is 0 Å². The average molecular weight is 303 g/mol. The molecule has 2 heteroatoms. The van der Waals surface area contributed by atoms with Gasteiger partial charge in [-0.2, -0.15) is 0 Å². The van der Waals surface area contributed by atoms with Crippen LogP contribution in [0.1, 0.15) is 12.5 Å². The van der Waals surface area contributed by atoms with Crippen molar-refractivity contribution >= 4 is 22.7 Å². The van der Waals surface area contributed by atoms with E-state index in [1.54, 1.807) is 11.8 Å². The molecule has 1 aliphatic heterocycles. The molecule has 0 bridgehead atoms. The minimum absolute atomic E-state index is 0.125. The third-order valence-corrected chi connectivity index (χ3v) is 5.28. The van der Waals surface area contributed by atoms with Crippen LogP contribution in [0.2, 0.25) is 0 Å². The van der Waals surface area contributed by atoms with E-state index in [0.29, 0.717) is 0 Å². The second-order valence-electron chi connectivity index (χ2n) is 5.78. The van der Waals surface area contributed by atoms with Crippen LogP contribution in [0.3, 0.4) is 0 Å². The normalized spacial score (nSPS) is 20.0. The van der Waals surface area contributed by atoms with Gasteiger partial charge in [0.15, 0.2) is 0 Å². The topological polar surface area (TPSA) is 4.93 Å². The molecule has 4 rings (SSSR count). The van der Waals surface area contributed by atoms with Crippen LogP contribution in [0.25, 0.3) is 16.6 Å². The largest absolute Gasteiger partial charge is 0.304 e. The van der Waals surface area contributed by atoms with Gasteiger partial charge in [0.05, 0.1) is 10.5 Å². The Kier molecular flexibility index (Phi) is 3.02. The lowest BCUT2D eigenvalue weighted by molar-refractivity contribution is 0.730. The molecule has 0 N–H and O–H groups in total. The fourth-order valence-electron chi connectivity index (χ4n) is 3.18. The SMILES string of the molecule is C=CC1(C)C=CSc2c1c1ccccc1n2-c1ccccc1. The van der Waals surface area contributed by atoms with Gasteiger partial charge in [0.1, 0.15) is 0 Å². The van der Waals surface area contributed by atoms with Crippen molar-refractivity contribution in [3.8, 4) is 5.69 Å². The van der Waals surface area contributed by atoms with Gasteiger partial charge in [-0.3, -0.25) is 0 Å². The summed E-state index contributed by atoms with van der Waals surface area (Å²) in [7, 11) is 0. The Morgan fingerprint density at radius 3 is 2.55 bits per heavy atom. The Hall–Kier alpha value is -2.19. The average Bonchev–Trinajstić information content (AvgIpc) is 2.91. The molecule has 0 saturated heterocycles. The summed E-state index contributed by atoms with van der Waals surface area (Å²) in [5, 5.41) is 4.78. The molecule has 1 nitrogen and oxygen atoms in total. The van der Waals surface area contributed by atoms with Crippen LogP contribution >= 0.6 is 11.8 Å². The van der Waals surface area contributed by atoms with E-state index in [-0.39, 0.29) is 5.41 Å². The summed E-state index contributed by atoms with van der Waals surface area (Å²) in [6, 6.07) is 19.2. The summed E-state index contributed by atoms with van der Waals surface area (Å²) in [4.78, 5) is 0. The number of thioether (sulfide) groups is 1. The van der Waals surface area contributed by atoms with E-state index in [1.165, 1.54) is 27.2 Å². The van der Waals surface area contributed by atoms with Crippen molar-refractivity contribution in [1.29, 1.82) is 0 Å². The number of hydrogen-bond donors (Lipinski definition) is 0. The van der Waals surface area contributed by atoms with Crippen molar-refractivity contribution in [3.05, 3.63) is 84.3 Å². The van der Waals surface area contributed by atoms with Gasteiger partial charge in [0.25, 0.3) is 0 Å². The maximum Gasteiger partial charge on any atom is 0.0892 e. The van der Waals surface area contributed by atoms with Crippen LogP contribution in [0, 0.1) is 0 Å². The van der Waals surface area contributed by atoms with Gasteiger partial charge < -0.3 is 4.57 Å². The molecule has 2 heterocycles. The molecule has 1 aliphatic rings. The summed E-state index contributed by atoms with van der Waals surface area (Å²) >= 11 is 1.79. The van der Waals surface area contributed by atoms with E-state index in [2.05, 4.69) is 84.2 Å². The van der Waals surface area contributed by atoms with Gasteiger partial charge in [-0.15, -0.1) is 6.58 Å². The van der Waals surface area contributed by atoms with Crippen molar-refractivity contribution in [3.63, 3.8) is 0 Å². The number of benzene rings is 2. The zero-order valence-corrected chi connectivity index (χ0v) is 13.3. The lowest BCUT2D eigenvalue weighted by Crippen LogP contribution is -2.18. The highest BCUT2D eigenvalue weighted by Crippen LogP contribution is 2.47. The van der Waals surface area contributed by atoms with E-state index < -0.39 is 0 Å². The Labute approximate surface area is 135 Å². The molecular weight excluding hydrogens is 286 g/mol. The van der Waals surface area contributed by atoms with E-state index >= 15 is 0 Å². The number of rotatable bonds is 2. The molecule has 1 unspecified atom stereocenters. The first-order valence-electron chi connectivity index (χ1n) is 7.42. The molecule has 0 amide bonds. The molecule has 0 radical (unpaired) electrons. The predicted octanol–water partition coefficient (Wildman–Crippen LogP) is 5.69. The number of allylic oxidation sites excluding steroid dienone is 2. The van der Waals surface area contributed by atoms with Crippen LogP contribution in [-0.2, 0) is 5.41 Å². The summed E-state index contributed by atoms with van der Waals surface area (Å²) in [5.74, 6) is 0. The second-order valence-corrected chi connectivity index (χ2v) is 6.67. The highest BCUT2D eigenvalue weighted by molar-refractivity contribution is 8.02. The fraction of sp³-hybridized carbons (Fsp3) is 0.100. The first-order chi connectivity index (χ1) is 10.7. The van der Waals surface area contributed by atoms with Crippen LogP contribution in [0.4, 0.5) is 0 Å². The van der Waals surface area contributed by atoms with Gasteiger partial charge in [-0.05, 0) is 30.5 Å².